The monoisotopic (exact) mass is 689 g/mol. The first-order chi connectivity index (χ1) is 21.4. The molecule has 0 radical (unpaired) electrons. The van der Waals surface area contributed by atoms with Crippen molar-refractivity contribution in [2.24, 2.45) is 7.05 Å². The Morgan fingerprint density at radius 2 is 1.57 bits per heavy atom. The van der Waals surface area contributed by atoms with E-state index < -0.39 is 65.9 Å². The molecule has 0 bridgehead atoms. The van der Waals surface area contributed by atoms with Crippen LogP contribution in [0.3, 0.4) is 0 Å². The zero-order valence-corrected chi connectivity index (χ0v) is 30.1. The molecule has 0 aliphatic carbocycles. The predicted octanol–water partition coefficient (Wildman–Crippen LogP) is 5.67. The molecule has 0 saturated heterocycles. The molecule has 0 saturated carbocycles. The van der Waals surface area contributed by atoms with Crippen LogP contribution in [-0.2, 0) is 37.7 Å². The minimum absolute atomic E-state index is 0.165. The number of hydrogen-bond donors (Lipinski definition) is 2. The number of hydrogen-bond acceptors (Lipinski definition) is 8. The van der Waals surface area contributed by atoms with Crippen molar-refractivity contribution in [2.75, 3.05) is 5.94 Å². The summed E-state index contributed by atoms with van der Waals surface area (Å²) in [5.74, 6) is -1.89. The van der Waals surface area contributed by atoms with Crippen molar-refractivity contribution in [3.63, 3.8) is 0 Å². The molecule has 0 fully saturated rings. The summed E-state index contributed by atoms with van der Waals surface area (Å²) in [6.45, 7) is 15.3. The fraction of sp³-hybridized carbons (Fsp3) is 0.441. The van der Waals surface area contributed by atoms with E-state index in [1.807, 2.05) is 0 Å². The van der Waals surface area contributed by atoms with Gasteiger partial charge in [0.25, 0.3) is 5.56 Å². The van der Waals surface area contributed by atoms with Crippen molar-refractivity contribution in [3.8, 4) is 11.1 Å². The summed E-state index contributed by atoms with van der Waals surface area (Å²) in [7, 11) is -2.60. The summed E-state index contributed by atoms with van der Waals surface area (Å²) in [6.07, 6.45) is 0.652. The van der Waals surface area contributed by atoms with Crippen LogP contribution >= 0.6 is 0 Å². The van der Waals surface area contributed by atoms with E-state index in [1.54, 1.807) is 61.6 Å². The molecule has 2 N–H and O–H groups in total. The highest BCUT2D eigenvalue weighted by Crippen LogP contribution is 2.38. The van der Waals surface area contributed by atoms with Gasteiger partial charge in [0.05, 0.1) is 10.8 Å². The Morgan fingerprint density at radius 3 is 2.13 bits per heavy atom. The van der Waals surface area contributed by atoms with Gasteiger partial charge in [-0.05, 0) is 109 Å². The quantitative estimate of drug-likeness (QED) is 0.205. The Hall–Kier alpha value is -3.52. The number of sulfone groups is 1. The minimum Gasteiger partial charge on any atom is -0.598 e. The van der Waals surface area contributed by atoms with E-state index in [-0.39, 0.29) is 22.2 Å². The molecule has 1 aromatic heterocycles. The van der Waals surface area contributed by atoms with Gasteiger partial charge in [0.1, 0.15) is 10.6 Å². The lowest BCUT2D eigenvalue weighted by Gasteiger charge is -2.29. The molecule has 2 atom stereocenters. The Morgan fingerprint density at radius 1 is 0.979 bits per heavy atom. The van der Waals surface area contributed by atoms with E-state index in [2.05, 4.69) is 10.0 Å². The largest absolute Gasteiger partial charge is 0.598 e. The van der Waals surface area contributed by atoms with Crippen LogP contribution in [0.25, 0.3) is 11.1 Å². The van der Waals surface area contributed by atoms with Crippen LogP contribution < -0.4 is 15.6 Å². The van der Waals surface area contributed by atoms with Crippen LogP contribution in [0.2, 0.25) is 0 Å². The Bertz CT molecular complexity index is 1810. The average Bonchev–Trinajstić information content (AvgIpc) is 2.95. The maximum absolute atomic E-state index is 13.9. The molecular weight excluding hydrogens is 646 g/mol. The third-order valence-corrected chi connectivity index (χ3v) is 11.4. The highest BCUT2D eigenvalue weighted by atomic mass is 32.2. The number of ketones is 1. The second-order valence-electron chi connectivity index (χ2n) is 14.0. The van der Waals surface area contributed by atoms with Gasteiger partial charge >= 0.3 is 6.09 Å². The highest BCUT2D eigenvalue weighted by Gasteiger charge is 2.38. The number of aryl methyl sites for hydroxylation is 1. The van der Waals surface area contributed by atoms with Crippen molar-refractivity contribution in [2.45, 2.75) is 83.4 Å². The van der Waals surface area contributed by atoms with Gasteiger partial charge in [-0.15, -0.1) is 4.72 Å². The van der Waals surface area contributed by atoms with E-state index in [0.717, 1.165) is 12.1 Å². The number of carbonyl (C=O) groups excluding carboxylic acids is 2. The molecule has 256 valence electrons. The number of pyridine rings is 1. The second kappa shape index (κ2) is 13.9. The second-order valence-corrected chi connectivity index (χ2v) is 18.4. The van der Waals surface area contributed by atoms with E-state index in [1.165, 1.54) is 54.9 Å². The maximum atomic E-state index is 13.9. The number of ether oxygens (including phenoxy) is 1. The van der Waals surface area contributed by atoms with Gasteiger partial charge in [-0.3, -0.25) is 9.59 Å². The van der Waals surface area contributed by atoms with Gasteiger partial charge in [0, 0.05) is 52.9 Å². The lowest BCUT2D eigenvalue weighted by Crippen LogP contribution is -2.42. The van der Waals surface area contributed by atoms with Crippen molar-refractivity contribution >= 4 is 33.1 Å². The SMILES string of the molecule is C[C@H](N[S+]([O-])C(C)(C)C)c1cc(=O)n(C)cc1-c1cc(C(C)(C)S(=O)(=O)COC(=O)NC(C)(C)C)ccc1C(=O)c1ccc(F)cc1. The maximum Gasteiger partial charge on any atom is 0.408 e. The fourth-order valence-electron chi connectivity index (χ4n) is 4.53. The summed E-state index contributed by atoms with van der Waals surface area (Å²) in [4.78, 5) is 39.1. The zero-order chi connectivity index (χ0) is 35.7. The number of amides is 1. The third kappa shape index (κ3) is 9.10. The molecule has 13 heteroatoms. The van der Waals surface area contributed by atoms with Gasteiger partial charge in [0.2, 0.25) is 0 Å². The number of benzene rings is 2. The lowest BCUT2D eigenvalue weighted by atomic mass is 9.87. The molecule has 1 amide bonds. The number of alkyl carbamates (subject to hydrolysis) is 1. The van der Waals surface area contributed by atoms with Gasteiger partial charge in [-0.1, -0.05) is 12.1 Å². The van der Waals surface area contributed by atoms with Crippen molar-refractivity contribution in [3.05, 3.63) is 93.2 Å². The van der Waals surface area contributed by atoms with Gasteiger partial charge < -0.3 is 19.2 Å². The van der Waals surface area contributed by atoms with Gasteiger partial charge in [-0.2, -0.15) is 0 Å². The summed E-state index contributed by atoms with van der Waals surface area (Å²) in [6, 6.07) is 10.3. The first-order valence-corrected chi connectivity index (χ1v) is 17.8. The van der Waals surface area contributed by atoms with Crippen molar-refractivity contribution in [1.82, 2.24) is 14.6 Å². The molecule has 0 aliphatic heterocycles. The molecule has 0 aliphatic rings. The van der Waals surface area contributed by atoms with E-state index in [0.29, 0.717) is 16.7 Å². The number of aromatic nitrogens is 1. The van der Waals surface area contributed by atoms with Crippen LogP contribution in [0.5, 0.6) is 0 Å². The molecule has 3 rings (SSSR count). The standard InChI is InChI=1S/C34H44FN3O7S2/c1-21(37-46(42)33(5,6)7)26-18-29(39)38(10)19-28(26)27-17-23(13-16-25(27)30(40)22-11-14-24(35)15-12-22)34(8,9)47(43,44)20-45-31(41)36-32(2,3)4/h11-19,21,37H,20H2,1-10H3,(H,36,41)/t21-,46?/m0/s1. The molecule has 10 nitrogen and oxygen atoms in total. The lowest BCUT2D eigenvalue weighted by molar-refractivity contribution is 0.103. The zero-order valence-electron chi connectivity index (χ0n) is 28.5. The van der Waals surface area contributed by atoms with Crippen molar-refractivity contribution in [1.29, 1.82) is 0 Å². The summed E-state index contributed by atoms with van der Waals surface area (Å²) >= 11 is -1.52. The normalized spacial score (nSPS) is 14.0. The summed E-state index contributed by atoms with van der Waals surface area (Å²) in [5.41, 5.74) is 0.787. The molecule has 1 unspecified atom stereocenters. The molecule has 2 aromatic carbocycles. The Balaban J connectivity index is 2.24. The highest BCUT2D eigenvalue weighted by molar-refractivity contribution is 7.92. The van der Waals surface area contributed by atoms with Crippen LogP contribution in [0.4, 0.5) is 9.18 Å². The molecular formula is C34H44FN3O7S2. The predicted molar refractivity (Wildman–Crippen MR) is 183 cm³/mol. The smallest absolute Gasteiger partial charge is 0.408 e. The van der Waals surface area contributed by atoms with E-state index in [9.17, 15) is 31.7 Å². The molecule has 1 heterocycles. The fourth-order valence-corrected chi connectivity index (χ4v) is 6.37. The number of rotatable bonds is 10. The minimum atomic E-state index is -4.14. The van der Waals surface area contributed by atoms with Crippen LogP contribution in [0.1, 0.15) is 95.4 Å². The third-order valence-electron chi connectivity index (χ3n) is 7.52. The number of nitrogens with zero attached hydrogens (tertiary/aromatic N) is 1. The topological polar surface area (TPSA) is 147 Å². The van der Waals surface area contributed by atoms with Gasteiger partial charge in [0.15, 0.2) is 21.6 Å². The number of nitrogens with one attached hydrogen (secondary N) is 2. The molecule has 0 spiro atoms. The van der Waals surface area contributed by atoms with Crippen molar-refractivity contribution < 1.29 is 31.7 Å². The van der Waals surface area contributed by atoms with Gasteiger partial charge in [-0.25, -0.2) is 17.6 Å². The molecule has 3 aromatic rings. The Labute approximate surface area is 279 Å². The van der Waals surface area contributed by atoms with Crippen LogP contribution in [-0.4, -0.2) is 45.6 Å². The summed E-state index contributed by atoms with van der Waals surface area (Å²) < 4.78 is 61.3. The van der Waals surface area contributed by atoms with E-state index in [4.69, 9.17) is 4.74 Å². The van der Waals surface area contributed by atoms with Crippen LogP contribution in [0.15, 0.2) is 59.5 Å². The average molecular weight is 690 g/mol. The number of carbonyl (C=O) groups is 2. The summed E-state index contributed by atoms with van der Waals surface area (Å²) in [5, 5.41) is 2.56. The molecule has 47 heavy (non-hydrogen) atoms. The number of halogens is 1. The first kappa shape index (κ1) is 37.9. The van der Waals surface area contributed by atoms with Crippen LogP contribution in [0, 0.1) is 5.82 Å². The Kier molecular flexibility index (Phi) is 11.2. The first-order valence-electron chi connectivity index (χ1n) is 15.0. The van der Waals surface area contributed by atoms with E-state index >= 15 is 0 Å².